The predicted molar refractivity (Wildman–Crippen MR) is 73.7 cm³/mol. The van der Waals surface area contributed by atoms with Crippen molar-refractivity contribution in [3.63, 3.8) is 0 Å². The van der Waals surface area contributed by atoms with Crippen LogP contribution in [0.1, 0.15) is 0 Å². The number of hydrogen-bond acceptors (Lipinski definition) is 2. The van der Waals surface area contributed by atoms with Gasteiger partial charge in [0, 0.05) is 32.7 Å². The van der Waals surface area contributed by atoms with Crippen molar-refractivity contribution < 1.29 is 13.6 Å². The molecule has 1 fully saturated rings. The molecule has 0 aromatic heterocycles. The van der Waals surface area contributed by atoms with E-state index in [4.69, 9.17) is 0 Å². The molecule has 1 aliphatic rings. The van der Waals surface area contributed by atoms with E-state index >= 15 is 0 Å². The van der Waals surface area contributed by atoms with Crippen LogP contribution in [0.3, 0.4) is 0 Å². The molecule has 108 valence electrons. The molecule has 0 unspecified atom stereocenters. The fourth-order valence-electron chi connectivity index (χ4n) is 2.20. The van der Waals surface area contributed by atoms with Crippen molar-refractivity contribution in [2.45, 2.75) is 0 Å². The van der Waals surface area contributed by atoms with Crippen molar-refractivity contribution in [2.24, 2.45) is 0 Å². The Kier molecular flexibility index (Phi) is 4.55. The molecule has 2 rings (SSSR count). The van der Waals surface area contributed by atoms with E-state index in [1.807, 2.05) is 0 Å². The normalized spacial score (nSPS) is 15.1. The standard InChI is InChI=1S/C14H17F2N3O/c1-2-6-17-14(20)19-9-7-18(8-10-19)13-11(15)4-3-5-12(13)16/h2-5H,1,6-10H2,(H,17,20). The number of benzene rings is 1. The van der Waals surface area contributed by atoms with Crippen molar-refractivity contribution in [1.82, 2.24) is 10.2 Å². The Morgan fingerprint density at radius 2 is 1.85 bits per heavy atom. The minimum atomic E-state index is -0.574. The molecular weight excluding hydrogens is 264 g/mol. The quantitative estimate of drug-likeness (QED) is 0.860. The first-order valence-electron chi connectivity index (χ1n) is 6.46. The van der Waals surface area contributed by atoms with Crippen molar-refractivity contribution in [1.29, 1.82) is 0 Å². The first-order valence-corrected chi connectivity index (χ1v) is 6.46. The second-order valence-electron chi connectivity index (χ2n) is 4.52. The van der Waals surface area contributed by atoms with Gasteiger partial charge < -0.3 is 15.1 Å². The molecule has 0 saturated carbocycles. The first kappa shape index (κ1) is 14.3. The molecule has 1 aliphatic heterocycles. The molecule has 1 aromatic carbocycles. The summed E-state index contributed by atoms with van der Waals surface area (Å²) in [5, 5.41) is 2.68. The molecule has 0 bridgehead atoms. The third kappa shape index (κ3) is 3.07. The molecule has 0 radical (unpaired) electrons. The monoisotopic (exact) mass is 281 g/mol. The minimum Gasteiger partial charge on any atom is -0.363 e. The number of carbonyl (C=O) groups is 1. The highest BCUT2D eigenvalue weighted by Crippen LogP contribution is 2.24. The zero-order chi connectivity index (χ0) is 14.5. The number of nitrogens with one attached hydrogen (secondary N) is 1. The second kappa shape index (κ2) is 6.36. The third-order valence-corrected chi connectivity index (χ3v) is 3.22. The van der Waals surface area contributed by atoms with E-state index < -0.39 is 11.6 Å². The third-order valence-electron chi connectivity index (χ3n) is 3.22. The molecule has 1 aromatic rings. The lowest BCUT2D eigenvalue weighted by molar-refractivity contribution is 0.195. The maximum absolute atomic E-state index is 13.7. The minimum absolute atomic E-state index is 0.0151. The van der Waals surface area contributed by atoms with Crippen LogP contribution >= 0.6 is 0 Å². The number of anilines is 1. The van der Waals surface area contributed by atoms with E-state index in [1.165, 1.54) is 18.2 Å². The highest BCUT2D eigenvalue weighted by atomic mass is 19.1. The van der Waals surface area contributed by atoms with Gasteiger partial charge in [0.05, 0.1) is 0 Å². The summed E-state index contributed by atoms with van der Waals surface area (Å²) in [4.78, 5) is 15.0. The van der Waals surface area contributed by atoms with Gasteiger partial charge in [-0.15, -0.1) is 6.58 Å². The van der Waals surface area contributed by atoms with Crippen molar-refractivity contribution in [3.8, 4) is 0 Å². The summed E-state index contributed by atoms with van der Waals surface area (Å²) >= 11 is 0. The average Bonchev–Trinajstić information content (AvgIpc) is 2.45. The van der Waals surface area contributed by atoms with Gasteiger partial charge in [0.2, 0.25) is 0 Å². The Balaban J connectivity index is 1.97. The fraction of sp³-hybridized carbons (Fsp3) is 0.357. The highest BCUT2D eigenvalue weighted by Gasteiger charge is 2.24. The summed E-state index contributed by atoms with van der Waals surface area (Å²) in [5.41, 5.74) is -0.0151. The summed E-state index contributed by atoms with van der Waals surface area (Å²) in [7, 11) is 0. The number of piperazine rings is 1. The highest BCUT2D eigenvalue weighted by molar-refractivity contribution is 5.74. The molecule has 6 heteroatoms. The molecule has 1 heterocycles. The van der Waals surface area contributed by atoms with E-state index in [2.05, 4.69) is 11.9 Å². The Morgan fingerprint density at radius 3 is 2.40 bits per heavy atom. The van der Waals surface area contributed by atoms with Crippen LogP contribution < -0.4 is 10.2 Å². The van der Waals surface area contributed by atoms with Crippen molar-refractivity contribution in [3.05, 3.63) is 42.5 Å². The van der Waals surface area contributed by atoms with Crippen LogP contribution in [0.4, 0.5) is 19.3 Å². The summed E-state index contributed by atoms with van der Waals surface area (Å²) in [6.45, 7) is 5.59. The summed E-state index contributed by atoms with van der Waals surface area (Å²) < 4.78 is 27.3. The van der Waals surface area contributed by atoms with Gasteiger partial charge in [0.15, 0.2) is 0 Å². The van der Waals surface area contributed by atoms with Crippen LogP contribution in [0.2, 0.25) is 0 Å². The Labute approximate surface area is 116 Å². The van der Waals surface area contributed by atoms with Crippen LogP contribution in [-0.2, 0) is 0 Å². The molecule has 0 spiro atoms. The van der Waals surface area contributed by atoms with E-state index in [-0.39, 0.29) is 11.7 Å². The second-order valence-corrected chi connectivity index (χ2v) is 4.52. The van der Waals surface area contributed by atoms with Crippen molar-refractivity contribution in [2.75, 3.05) is 37.6 Å². The smallest absolute Gasteiger partial charge is 0.317 e. The van der Waals surface area contributed by atoms with Crippen LogP contribution in [0.5, 0.6) is 0 Å². The molecule has 0 aliphatic carbocycles. The van der Waals surface area contributed by atoms with E-state index in [9.17, 15) is 13.6 Å². The molecule has 0 atom stereocenters. The lowest BCUT2D eigenvalue weighted by atomic mass is 10.2. The molecule has 1 saturated heterocycles. The fourth-order valence-corrected chi connectivity index (χ4v) is 2.20. The summed E-state index contributed by atoms with van der Waals surface area (Å²) in [6.07, 6.45) is 1.60. The molecule has 20 heavy (non-hydrogen) atoms. The number of urea groups is 1. The van der Waals surface area contributed by atoms with Crippen LogP contribution in [0.15, 0.2) is 30.9 Å². The van der Waals surface area contributed by atoms with Crippen LogP contribution in [0.25, 0.3) is 0 Å². The number of nitrogens with zero attached hydrogens (tertiary/aromatic N) is 2. The zero-order valence-corrected chi connectivity index (χ0v) is 11.1. The largest absolute Gasteiger partial charge is 0.363 e. The van der Waals surface area contributed by atoms with Crippen LogP contribution in [0, 0.1) is 11.6 Å². The number of amides is 2. The van der Waals surface area contributed by atoms with E-state index in [0.717, 1.165) is 0 Å². The van der Waals surface area contributed by atoms with Gasteiger partial charge >= 0.3 is 6.03 Å². The lowest BCUT2D eigenvalue weighted by Crippen LogP contribution is -2.52. The summed E-state index contributed by atoms with van der Waals surface area (Å²) in [5.74, 6) is -1.15. The van der Waals surface area contributed by atoms with E-state index in [0.29, 0.717) is 32.7 Å². The number of carbonyl (C=O) groups excluding carboxylic acids is 1. The number of rotatable bonds is 3. The zero-order valence-electron chi connectivity index (χ0n) is 11.1. The molecule has 2 amide bonds. The maximum atomic E-state index is 13.7. The summed E-state index contributed by atoms with van der Waals surface area (Å²) in [6, 6.07) is 3.63. The molecule has 4 nitrogen and oxygen atoms in total. The molecule has 1 N–H and O–H groups in total. The van der Waals surface area contributed by atoms with Crippen molar-refractivity contribution >= 4 is 11.7 Å². The van der Waals surface area contributed by atoms with Gasteiger partial charge in [-0.3, -0.25) is 0 Å². The van der Waals surface area contributed by atoms with Gasteiger partial charge in [-0.05, 0) is 12.1 Å². The Bertz CT molecular complexity index is 479. The maximum Gasteiger partial charge on any atom is 0.317 e. The topological polar surface area (TPSA) is 35.6 Å². The molecular formula is C14H17F2N3O. The van der Waals surface area contributed by atoms with Gasteiger partial charge in [0.1, 0.15) is 17.3 Å². The van der Waals surface area contributed by atoms with Gasteiger partial charge in [0.25, 0.3) is 0 Å². The lowest BCUT2D eigenvalue weighted by Gasteiger charge is -2.36. The Morgan fingerprint density at radius 1 is 1.25 bits per heavy atom. The number of halogens is 2. The Hall–Kier alpha value is -2.11. The van der Waals surface area contributed by atoms with Crippen LogP contribution in [-0.4, -0.2) is 43.7 Å². The first-order chi connectivity index (χ1) is 9.63. The SMILES string of the molecule is C=CCNC(=O)N1CCN(c2c(F)cccc2F)CC1. The number of hydrogen-bond donors (Lipinski definition) is 1. The van der Waals surface area contributed by atoms with Gasteiger partial charge in [-0.1, -0.05) is 12.1 Å². The van der Waals surface area contributed by atoms with E-state index in [1.54, 1.807) is 15.9 Å². The average molecular weight is 281 g/mol. The number of para-hydroxylation sites is 1. The van der Waals surface area contributed by atoms with Gasteiger partial charge in [-0.25, -0.2) is 13.6 Å². The predicted octanol–water partition coefficient (Wildman–Crippen LogP) is 1.98. The van der Waals surface area contributed by atoms with Gasteiger partial charge in [-0.2, -0.15) is 0 Å².